The summed E-state index contributed by atoms with van der Waals surface area (Å²) in [7, 11) is 1.38. The number of hydrogen-bond donors (Lipinski definition) is 0. The van der Waals surface area contributed by atoms with Gasteiger partial charge in [-0.2, -0.15) is 0 Å². The molecule has 0 aliphatic carbocycles. The number of carbonyl (C=O) groups is 1. The van der Waals surface area contributed by atoms with Gasteiger partial charge in [-0.05, 0) is 43.5 Å². The number of aryl methyl sites for hydroxylation is 3. The average molecular weight is 204 g/mol. The van der Waals surface area contributed by atoms with E-state index in [1.54, 1.807) is 6.08 Å². The maximum absolute atomic E-state index is 11.0. The van der Waals surface area contributed by atoms with E-state index >= 15 is 0 Å². The smallest absolute Gasteiger partial charge is 0.330 e. The van der Waals surface area contributed by atoms with Crippen molar-refractivity contribution in [3.8, 4) is 0 Å². The Bertz CT molecular complexity index is 380. The van der Waals surface area contributed by atoms with E-state index in [0.717, 1.165) is 5.56 Å². The standard InChI is InChI=1S/C13H16O2/c1-9-7-10(2)12(11(3)8-9)5-6-13(14)15-4/h5-8H,1-4H3/b6-5+. The Morgan fingerprint density at radius 2 is 1.73 bits per heavy atom. The lowest BCUT2D eigenvalue weighted by atomic mass is 9.99. The van der Waals surface area contributed by atoms with Crippen LogP contribution in [0, 0.1) is 20.8 Å². The number of hydrogen-bond acceptors (Lipinski definition) is 2. The Morgan fingerprint density at radius 3 is 2.20 bits per heavy atom. The van der Waals surface area contributed by atoms with Crippen LogP contribution < -0.4 is 0 Å². The molecule has 0 saturated carbocycles. The highest BCUT2D eigenvalue weighted by molar-refractivity contribution is 5.87. The molecular weight excluding hydrogens is 188 g/mol. The van der Waals surface area contributed by atoms with Crippen LogP contribution in [0.5, 0.6) is 0 Å². The minimum atomic E-state index is -0.325. The molecule has 0 amide bonds. The van der Waals surface area contributed by atoms with Crippen molar-refractivity contribution in [1.29, 1.82) is 0 Å². The molecule has 0 aromatic heterocycles. The van der Waals surface area contributed by atoms with Gasteiger partial charge in [0.05, 0.1) is 7.11 Å². The first-order chi connectivity index (χ1) is 7.04. The maximum atomic E-state index is 11.0. The highest BCUT2D eigenvalue weighted by atomic mass is 16.5. The van der Waals surface area contributed by atoms with E-state index in [4.69, 9.17) is 0 Å². The summed E-state index contributed by atoms with van der Waals surface area (Å²) >= 11 is 0. The van der Waals surface area contributed by atoms with Crippen molar-refractivity contribution in [2.45, 2.75) is 20.8 Å². The highest BCUT2D eigenvalue weighted by Crippen LogP contribution is 2.17. The molecule has 0 aliphatic heterocycles. The van der Waals surface area contributed by atoms with E-state index in [1.165, 1.54) is 29.9 Å². The number of ether oxygens (including phenoxy) is 1. The van der Waals surface area contributed by atoms with Crippen LogP contribution in [-0.2, 0) is 9.53 Å². The fraction of sp³-hybridized carbons (Fsp3) is 0.308. The van der Waals surface area contributed by atoms with E-state index in [-0.39, 0.29) is 5.97 Å². The van der Waals surface area contributed by atoms with E-state index in [2.05, 4.69) is 23.8 Å². The quantitative estimate of drug-likeness (QED) is 0.547. The maximum Gasteiger partial charge on any atom is 0.330 e. The van der Waals surface area contributed by atoms with Gasteiger partial charge in [0, 0.05) is 6.08 Å². The van der Waals surface area contributed by atoms with Crippen LogP contribution in [-0.4, -0.2) is 13.1 Å². The summed E-state index contributed by atoms with van der Waals surface area (Å²) in [6.07, 6.45) is 3.25. The molecule has 80 valence electrons. The molecule has 15 heavy (non-hydrogen) atoms. The molecule has 0 saturated heterocycles. The van der Waals surface area contributed by atoms with Crippen LogP contribution in [0.1, 0.15) is 22.3 Å². The molecule has 0 bridgehead atoms. The lowest BCUT2D eigenvalue weighted by Crippen LogP contribution is -1.95. The minimum Gasteiger partial charge on any atom is -0.466 e. The lowest BCUT2D eigenvalue weighted by molar-refractivity contribution is -0.134. The van der Waals surface area contributed by atoms with Crippen molar-refractivity contribution in [1.82, 2.24) is 0 Å². The van der Waals surface area contributed by atoms with Crippen LogP contribution in [0.4, 0.5) is 0 Å². The summed E-state index contributed by atoms with van der Waals surface area (Å²) in [4.78, 5) is 11.0. The lowest BCUT2D eigenvalue weighted by Gasteiger charge is -2.06. The molecule has 0 aliphatic rings. The summed E-state index contributed by atoms with van der Waals surface area (Å²) < 4.78 is 4.55. The van der Waals surface area contributed by atoms with Crippen molar-refractivity contribution in [2.24, 2.45) is 0 Å². The van der Waals surface area contributed by atoms with E-state index < -0.39 is 0 Å². The molecular formula is C13H16O2. The van der Waals surface area contributed by atoms with Gasteiger partial charge in [-0.15, -0.1) is 0 Å². The molecule has 1 aromatic carbocycles. The van der Waals surface area contributed by atoms with Crippen molar-refractivity contribution >= 4 is 12.0 Å². The minimum absolute atomic E-state index is 0.325. The van der Waals surface area contributed by atoms with Gasteiger partial charge in [-0.1, -0.05) is 17.7 Å². The molecule has 0 radical (unpaired) electrons. The number of methoxy groups -OCH3 is 1. The van der Waals surface area contributed by atoms with Crippen LogP contribution in [0.2, 0.25) is 0 Å². The van der Waals surface area contributed by atoms with Gasteiger partial charge in [-0.25, -0.2) is 4.79 Å². The van der Waals surface area contributed by atoms with Gasteiger partial charge in [0.1, 0.15) is 0 Å². The SMILES string of the molecule is COC(=O)/C=C/c1c(C)cc(C)cc1C. The molecule has 0 fully saturated rings. The zero-order valence-electron chi connectivity index (χ0n) is 9.63. The fourth-order valence-electron chi connectivity index (χ4n) is 1.67. The largest absolute Gasteiger partial charge is 0.466 e. The molecule has 0 spiro atoms. The molecule has 1 rings (SSSR count). The van der Waals surface area contributed by atoms with Gasteiger partial charge < -0.3 is 4.74 Å². The molecule has 0 N–H and O–H groups in total. The highest BCUT2D eigenvalue weighted by Gasteiger charge is 2.01. The zero-order chi connectivity index (χ0) is 11.4. The predicted molar refractivity (Wildman–Crippen MR) is 61.7 cm³/mol. The van der Waals surface area contributed by atoms with Gasteiger partial charge >= 0.3 is 5.97 Å². The van der Waals surface area contributed by atoms with Gasteiger partial charge in [-0.3, -0.25) is 0 Å². The van der Waals surface area contributed by atoms with Gasteiger partial charge in [0.25, 0.3) is 0 Å². The summed E-state index contributed by atoms with van der Waals surface area (Å²) in [6.45, 7) is 6.14. The van der Waals surface area contributed by atoms with Crippen molar-refractivity contribution < 1.29 is 9.53 Å². The molecule has 0 heterocycles. The number of carbonyl (C=O) groups excluding carboxylic acids is 1. The summed E-state index contributed by atoms with van der Waals surface area (Å²) in [6, 6.07) is 4.20. The topological polar surface area (TPSA) is 26.3 Å². The summed E-state index contributed by atoms with van der Waals surface area (Å²) in [5.41, 5.74) is 4.67. The van der Waals surface area contributed by atoms with Crippen molar-refractivity contribution in [3.05, 3.63) is 40.5 Å². The fourth-order valence-corrected chi connectivity index (χ4v) is 1.67. The second-order valence-corrected chi connectivity index (χ2v) is 3.67. The Morgan fingerprint density at radius 1 is 1.20 bits per heavy atom. The van der Waals surface area contributed by atoms with E-state index in [9.17, 15) is 4.79 Å². The second-order valence-electron chi connectivity index (χ2n) is 3.67. The van der Waals surface area contributed by atoms with Crippen LogP contribution in [0.25, 0.3) is 6.08 Å². The Labute approximate surface area is 90.6 Å². The zero-order valence-corrected chi connectivity index (χ0v) is 9.63. The molecule has 0 unspecified atom stereocenters. The Balaban J connectivity index is 3.05. The van der Waals surface area contributed by atoms with Gasteiger partial charge in [0.2, 0.25) is 0 Å². The molecule has 2 heteroatoms. The number of benzene rings is 1. The first-order valence-corrected chi connectivity index (χ1v) is 4.88. The third kappa shape index (κ3) is 2.94. The third-order valence-corrected chi connectivity index (χ3v) is 2.33. The number of esters is 1. The molecule has 1 aromatic rings. The molecule has 2 nitrogen and oxygen atoms in total. The first kappa shape index (κ1) is 11.5. The van der Waals surface area contributed by atoms with E-state index in [0.29, 0.717) is 0 Å². The van der Waals surface area contributed by atoms with Gasteiger partial charge in [0.15, 0.2) is 0 Å². The predicted octanol–water partition coefficient (Wildman–Crippen LogP) is 2.80. The molecule has 0 atom stereocenters. The summed E-state index contributed by atoms with van der Waals surface area (Å²) in [5.74, 6) is -0.325. The monoisotopic (exact) mass is 204 g/mol. The van der Waals surface area contributed by atoms with Crippen molar-refractivity contribution in [2.75, 3.05) is 7.11 Å². The Kier molecular flexibility index (Phi) is 3.67. The normalized spacial score (nSPS) is 10.7. The first-order valence-electron chi connectivity index (χ1n) is 4.88. The van der Waals surface area contributed by atoms with Crippen LogP contribution in [0.3, 0.4) is 0 Å². The second kappa shape index (κ2) is 4.78. The van der Waals surface area contributed by atoms with E-state index in [1.807, 2.05) is 13.8 Å². The van der Waals surface area contributed by atoms with Crippen molar-refractivity contribution in [3.63, 3.8) is 0 Å². The summed E-state index contributed by atoms with van der Waals surface area (Å²) in [5, 5.41) is 0. The average Bonchev–Trinajstić information content (AvgIpc) is 2.15. The van der Waals surface area contributed by atoms with Crippen LogP contribution >= 0.6 is 0 Å². The number of rotatable bonds is 2. The Hall–Kier alpha value is -1.57. The third-order valence-electron chi connectivity index (χ3n) is 2.33. The van der Waals surface area contributed by atoms with Crippen LogP contribution in [0.15, 0.2) is 18.2 Å².